The molecule has 0 unspecified atom stereocenters. The number of halogens is 2. The number of nitrogens with zero attached hydrogens (tertiary/aromatic N) is 3. The molecule has 0 atom stereocenters. The molecule has 2 aromatic carbocycles. The molecule has 2 aromatic heterocycles. The van der Waals surface area contributed by atoms with Gasteiger partial charge in [-0.1, -0.05) is 29.3 Å². The Balaban J connectivity index is 1.59. The number of hydrogen-bond acceptors (Lipinski definition) is 7. The Labute approximate surface area is 173 Å². The maximum absolute atomic E-state index is 10.6. The summed E-state index contributed by atoms with van der Waals surface area (Å²) in [7, 11) is 0. The molecular formula is C19H11Cl2N3O5. The molecule has 1 N–H and O–H groups in total. The fraction of sp³-hybridized carbons (Fsp3) is 0.0526. The number of carboxylic acids is 1. The van der Waals surface area contributed by atoms with E-state index in [2.05, 4.69) is 15.0 Å². The van der Waals surface area contributed by atoms with Crippen LogP contribution >= 0.6 is 23.2 Å². The summed E-state index contributed by atoms with van der Waals surface area (Å²) in [5, 5.41) is 9.44. The number of carbonyl (C=O) groups is 1. The van der Waals surface area contributed by atoms with Crippen molar-refractivity contribution in [3.05, 3.63) is 58.7 Å². The van der Waals surface area contributed by atoms with Crippen LogP contribution in [0.15, 0.2) is 53.1 Å². The molecule has 10 heteroatoms. The van der Waals surface area contributed by atoms with E-state index in [1.807, 2.05) is 0 Å². The van der Waals surface area contributed by atoms with Crippen LogP contribution in [0.3, 0.4) is 0 Å². The molecule has 146 valence electrons. The Bertz CT molecular complexity index is 1210. The van der Waals surface area contributed by atoms with Crippen molar-refractivity contribution in [1.82, 2.24) is 15.0 Å². The van der Waals surface area contributed by atoms with E-state index in [4.69, 9.17) is 42.2 Å². The zero-order valence-electron chi connectivity index (χ0n) is 14.5. The van der Waals surface area contributed by atoms with Gasteiger partial charge in [0.05, 0.1) is 11.2 Å². The van der Waals surface area contributed by atoms with Crippen LogP contribution in [0, 0.1) is 0 Å². The Morgan fingerprint density at radius 3 is 2.76 bits per heavy atom. The molecule has 0 aliphatic carbocycles. The average molecular weight is 432 g/mol. The molecule has 4 aromatic rings. The molecule has 0 amide bonds. The van der Waals surface area contributed by atoms with Gasteiger partial charge in [-0.05, 0) is 36.4 Å². The highest BCUT2D eigenvalue weighted by Crippen LogP contribution is 2.32. The van der Waals surface area contributed by atoms with Crippen molar-refractivity contribution in [3.63, 3.8) is 0 Å². The maximum atomic E-state index is 10.6. The quantitative estimate of drug-likeness (QED) is 0.461. The van der Waals surface area contributed by atoms with E-state index in [9.17, 15) is 4.79 Å². The molecule has 0 aliphatic heterocycles. The summed E-state index contributed by atoms with van der Waals surface area (Å²) in [6, 6.07) is 11.6. The van der Waals surface area contributed by atoms with E-state index < -0.39 is 12.6 Å². The van der Waals surface area contributed by atoms with Crippen molar-refractivity contribution in [2.45, 2.75) is 0 Å². The van der Waals surface area contributed by atoms with E-state index in [0.717, 1.165) is 0 Å². The van der Waals surface area contributed by atoms with Crippen LogP contribution in [0.2, 0.25) is 10.0 Å². The van der Waals surface area contributed by atoms with Gasteiger partial charge < -0.3 is 19.0 Å². The zero-order valence-corrected chi connectivity index (χ0v) is 16.0. The van der Waals surface area contributed by atoms with Gasteiger partial charge in [0.25, 0.3) is 5.71 Å². The van der Waals surface area contributed by atoms with Crippen LogP contribution in [0.25, 0.3) is 22.7 Å². The first-order chi connectivity index (χ1) is 14.0. The van der Waals surface area contributed by atoms with Crippen LogP contribution in [0.5, 0.6) is 17.5 Å². The standard InChI is InChI=1S/C19H11Cl2N3O5/c20-11-2-1-3-12(7-11)28-19-22-8-14-18(24-19)29-17(23-14)10-4-5-15(13(21)6-10)27-9-16(25)26/h1-8H,9H2,(H,25,26). The van der Waals surface area contributed by atoms with E-state index in [0.29, 0.717) is 21.9 Å². The number of hydrogen-bond donors (Lipinski definition) is 1. The molecule has 4 rings (SSSR count). The number of benzene rings is 2. The Kier molecular flexibility index (Phi) is 5.20. The summed E-state index contributed by atoms with van der Waals surface area (Å²) >= 11 is 12.1. The van der Waals surface area contributed by atoms with Crippen LogP contribution in [0.4, 0.5) is 0 Å². The third-order valence-corrected chi connectivity index (χ3v) is 4.19. The van der Waals surface area contributed by atoms with E-state index in [1.54, 1.807) is 36.4 Å². The molecule has 0 spiro atoms. The van der Waals surface area contributed by atoms with E-state index in [-0.39, 0.29) is 28.4 Å². The van der Waals surface area contributed by atoms with Crippen LogP contribution in [0.1, 0.15) is 0 Å². The number of aromatic nitrogens is 3. The van der Waals surface area contributed by atoms with Gasteiger partial charge in [-0.2, -0.15) is 4.98 Å². The Hall–Kier alpha value is -3.36. The average Bonchev–Trinajstić information content (AvgIpc) is 3.10. The summed E-state index contributed by atoms with van der Waals surface area (Å²) in [5.74, 6) is -0.106. The number of aliphatic carboxylic acids is 1. The second-order valence-corrected chi connectivity index (χ2v) is 6.59. The summed E-state index contributed by atoms with van der Waals surface area (Å²) < 4.78 is 16.4. The SMILES string of the molecule is O=C(O)COc1ccc(-c2nc3cnc(Oc4cccc(Cl)c4)nc3o2)cc1Cl. The lowest BCUT2D eigenvalue weighted by Crippen LogP contribution is -2.09. The van der Waals surface area contributed by atoms with E-state index in [1.165, 1.54) is 12.3 Å². The number of fused-ring (bicyclic) bond motifs is 1. The van der Waals surface area contributed by atoms with Crippen LogP contribution < -0.4 is 9.47 Å². The minimum atomic E-state index is -1.10. The molecule has 0 aliphatic rings. The number of oxazole rings is 1. The highest BCUT2D eigenvalue weighted by atomic mass is 35.5. The van der Waals surface area contributed by atoms with Gasteiger partial charge in [-0.25, -0.2) is 14.8 Å². The van der Waals surface area contributed by atoms with Crippen molar-refractivity contribution >= 4 is 40.4 Å². The number of ether oxygens (including phenoxy) is 2. The highest BCUT2D eigenvalue weighted by molar-refractivity contribution is 6.32. The largest absolute Gasteiger partial charge is 0.480 e. The first-order valence-corrected chi connectivity index (χ1v) is 8.95. The fourth-order valence-electron chi connectivity index (χ4n) is 2.42. The summed E-state index contributed by atoms with van der Waals surface area (Å²) in [6.45, 7) is -0.493. The van der Waals surface area contributed by atoms with Crippen molar-refractivity contribution in [1.29, 1.82) is 0 Å². The minimum absolute atomic E-state index is 0.0814. The van der Waals surface area contributed by atoms with Gasteiger partial charge in [0.1, 0.15) is 17.0 Å². The minimum Gasteiger partial charge on any atom is -0.480 e. The fourth-order valence-corrected chi connectivity index (χ4v) is 2.83. The van der Waals surface area contributed by atoms with E-state index >= 15 is 0 Å². The molecule has 0 radical (unpaired) electrons. The third-order valence-electron chi connectivity index (χ3n) is 3.66. The van der Waals surface area contributed by atoms with Crippen molar-refractivity contribution < 1.29 is 23.8 Å². The first-order valence-electron chi connectivity index (χ1n) is 8.19. The summed E-state index contributed by atoms with van der Waals surface area (Å²) in [6.07, 6.45) is 1.47. The normalized spacial score (nSPS) is 10.8. The second kappa shape index (κ2) is 7.94. The number of rotatable bonds is 6. The Morgan fingerprint density at radius 2 is 2.00 bits per heavy atom. The first kappa shape index (κ1) is 19.0. The molecule has 8 nitrogen and oxygen atoms in total. The molecule has 0 saturated carbocycles. The van der Waals surface area contributed by atoms with Crippen molar-refractivity contribution in [2.24, 2.45) is 0 Å². The highest BCUT2D eigenvalue weighted by Gasteiger charge is 2.14. The molecule has 2 heterocycles. The number of carboxylic acid groups (broad SMARTS) is 1. The van der Waals surface area contributed by atoms with Crippen molar-refractivity contribution in [3.8, 4) is 29.0 Å². The molecule has 29 heavy (non-hydrogen) atoms. The van der Waals surface area contributed by atoms with Crippen LogP contribution in [-0.2, 0) is 4.79 Å². The smallest absolute Gasteiger partial charge is 0.341 e. The third kappa shape index (κ3) is 4.39. The maximum Gasteiger partial charge on any atom is 0.341 e. The molecule has 0 bridgehead atoms. The van der Waals surface area contributed by atoms with Gasteiger partial charge in [-0.15, -0.1) is 0 Å². The second-order valence-electron chi connectivity index (χ2n) is 5.75. The monoisotopic (exact) mass is 431 g/mol. The van der Waals surface area contributed by atoms with Gasteiger partial charge in [-0.3, -0.25) is 0 Å². The van der Waals surface area contributed by atoms with Crippen molar-refractivity contribution in [2.75, 3.05) is 6.61 Å². The topological polar surface area (TPSA) is 108 Å². The van der Waals surface area contributed by atoms with Gasteiger partial charge >= 0.3 is 12.0 Å². The predicted octanol–water partition coefficient (Wildman–Crippen LogP) is 4.85. The lowest BCUT2D eigenvalue weighted by Gasteiger charge is -2.06. The molecular weight excluding hydrogens is 421 g/mol. The van der Waals surface area contributed by atoms with Crippen LogP contribution in [-0.4, -0.2) is 32.6 Å². The lowest BCUT2D eigenvalue weighted by molar-refractivity contribution is -0.139. The zero-order chi connectivity index (χ0) is 20.4. The van der Waals surface area contributed by atoms with Gasteiger partial charge in [0, 0.05) is 10.6 Å². The predicted molar refractivity (Wildman–Crippen MR) is 105 cm³/mol. The summed E-state index contributed by atoms with van der Waals surface area (Å²) in [4.78, 5) is 23.3. The van der Waals surface area contributed by atoms with Gasteiger partial charge in [0.2, 0.25) is 5.89 Å². The summed E-state index contributed by atoms with van der Waals surface area (Å²) in [5.41, 5.74) is 1.23. The lowest BCUT2D eigenvalue weighted by atomic mass is 10.2. The Morgan fingerprint density at radius 1 is 1.14 bits per heavy atom. The molecule has 0 saturated heterocycles. The molecule has 0 fully saturated rings. The van der Waals surface area contributed by atoms with Gasteiger partial charge in [0.15, 0.2) is 6.61 Å².